The maximum absolute atomic E-state index is 6.48. The molecule has 0 spiro atoms. The van der Waals surface area contributed by atoms with Gasteiger partial charge in [-0.3, -0.25) is 0 Å². The Bertz CT molecular complexity index is 692. The van der Waals surface area contributed by atoms with Crippen LogP contribution in [0.4, 0.5) is 0 Å². The lowest BCUT2D eigenvalue weighted by Gasteiger charge is -2.30. The first-order chi connectivity index (χ1) is 13.8. The second-order valence-corrected chi connectivity index (χ2v) is 9.22. The van der Waals surface area contributed by atoms with Gasteiger partial charge in [0.1, 0.15) is 17.2 Å². The van der Waals surface area contributed by atoms with Crippen LogP contribution in [0.2, 0.25) is 6.04 Å². The zero-order chi connectivity index (χ0) is 19.5. The van der Waals surface area contributed by atoms with E-state index in [-0.39, 0.29) is 0 Å². The largest absolute Gasteiger partial charge is 0.699 e. The second kappa shape index (κ2) is 10.6. The normalized spacial score (nSPS) is 11.0. The summed E-state index contributed by atoms with van der Waals surface area (Å²) in [6.07, 6.45) is 4.53. The number of hydrogen-bond donors (Lipinski definition) is 0. The highest BCUT2D eigenvalue weighted by Crippen LogP contribution is 2.28. The highest BCUT2D eigenvalue weighted by Gasteiger charge is 2.48. The summed E-state index contributed by atoms with van der Waals surface area (Å²) in [6, 6.07) is 30.2. The Morgan fingerprint density at radius 2 is 0.929 bits per heavy atom. The van der Waals surface area contributed by atoms with Crippen LogP contribution in [-0.4, -0.2) is 8.80 Å². The van der Waals surface area contributed by atoms with Gasteiger partial charge in [-0.15, -0.1) is 0 Å². The first-order valence-corrected chi connectivity index (χ1v) is 11.9. The maximum Gasteiger partial charge on any atom is 0.699 e. The molecule has 3 rings (SSSR count). The van der Waals surface area contributed by atoms with Gasteiger partial charge in [0, 0.05) is 0 Å². The maximum atomic E-state index is 6.48. The first kappa shape index (κ1) is 20.0. The molecule has 0 radical (unpaired) electrons. The summed E-state index contributed by atoms with van der Waals surface area (Å²) >= 11 is 0. The SMILES string of the molecule is CCCCCC[Si](Oc1ccccc1)(Oc1ccccc1)Oc1ccccc1. The Morgan fingerprint density at radius 3 is 1.29 bits per heavy atom. The predicted molar refractivity (Wildman–Crippen MR) is 116 cm³/mol. The van der Waals surface area contributed by atoms with Gasteiger partial charge < -0.3 is 13.3 Å². The average molecular weight is 393 g/mol. The van der Waals surface area contributed by atoms with Crippen LogP contribution in [0.25, 0.3) is 0 Å². The van der Waals surface area contributed by atoms with Gasteiger partial charge in [-0.25, -0.2) is 0 Å². The van der Waals surface area contributed by atoms with Crippen LogP contribution in [0, 0.1) is 0 Å². The van der Waals surface area contributed by atoms with Crippen LogP contribution >= 0.6 is 0 Å². The zero-order valence-electron chi connectivity index (χ0n) is 16.4. The van der Waals surface area contributed by atoms with E-state index >= 15 is 0 Å². The summed E-state index contributed by atoms with van der Waals surface area (Å²) in [5.41, 5.74) is 0. The summed E-state index contributed by atoms with van der Waals surface area (Å²) in [5.74, 6) is 2.32. The van der Waals surface area contributed by atoms with Gasteiger partial charge in [-0.1, -0.05) is 80.8 Å². The molecule has 0 aliphatic rings. The van der Waals surface area contributed by atoms with Crippen LogP contribution in [0.1, 0.15) is 32.6 Å². The van der Waals surface area contributed by atoms with E-state index in [0.717, 1.165) is 36.1 Å². The standard InChI is InChI=1S/C24H28O3Si/c1-2-3-4-14-21-28(25-22-15-8-5-9-16-22,26-23-17-10-6-11-18-23)27-24-19-12-7-13-20-24/h5-13,15-20H,2-4,14,21H2,1H3. The van der Waals surface area contributed by atoms with E-state index in [4.69, 9.17) is 13.3 Å². The molecule has 0 saturated carbocycles. The van der Waals surface area contributed by atoms with Gasteiger partial charge >= 0.3 is 8.80 Å². The lowest BCUT2D eigenvalue weighted by Crippen LogP contribution is -2.54. The molecule has 0 fully saturated rings. The molecule has 3 nitrogen and oxygen atoms in total. The van der Waals surface area contributed by atoms with Crippen molar-refractivity contribution in [2.45, 2.75) is 38.7 Å². The molecule has 146 valence electrons. The summed E-state index contributed by atoms with van der Waals surface area (Å²) < 4.78 is 19.5. The fourth-order valence-electron chi connectivity index (χ4n) is 2.99. The molecular weight excluding hydrogens is 364 g/mol. The second-order valence-electron chi connectivity index (χ2n) is 6.74. The van der Waals surface area contributed by atoms with Gasteiger partial charge in [0.05, 0.1) is 6.04 Å². The number of para-hydroxylation sites is 3. The smallest absolute Gasteiger partial charge is 0.483 e. The van der Waals surface area contributed by atoms with Crippen LogP contribution in [0.3, 0.4) is 0 Å². The van der Waals surface area contributed by atoms with E-state index in [9.17, 15) is 0 Å². The van der Waals surface area contributed by atoms with Crippen molar-refractivity contribution in [3.8, 4) is 17.2 Å². The number of hydrogen-bond acceptors (Lipinski definition) is 3. The van der Waals surface area contributed by atoms with Crippen LogP contribution in [-0.2, 0) is 0 Å². The quantitative estimate of drug-likeness (QED) is 0.267. The van der Waals surface area contributed by atoms with Crippen molar-refractivity contribution in [2.24, 2.45) is 0 Å². The van der Waals surface area contributed by atoms with E-state index in [1.807, 2.05) is 91.0 Å². The molecule has 0 heterocycles. The topological polar surface area (TPSA) is 27.7 Å². The van der Waals surface area contributed by atoms with E-state index in [2.05, 4.69) is 6.92 Å². The van der Waals surface area contributed by atoms with Crippen LogP contribution in [0.5, 0.6) is 17.2 Å². The fourth-order valence-corrected chi connectivity index (χ4v) is 5.59. The lowest BCUT2D eigenvalue weighted by atomic mass is 10.2. The summed E-state index contributed by atoms with van der Waals surface area (Å²) in [4.78, 5) is 0. The van der Waals surface area contributed by atoms with E-state index in [1.165, 1.54) is 12.8 Å². The molecule has 28 heavy (non-hydrogen) atoms. The molecule has 0 aliphatic carbocycles. The van der Waals surface area contributed by atoms with E-state index in [1.54, 1.807) is 0 Å². The first-order valence-electron chi connectivity index (χ1n) is 10.0. The molecule has 0 aromatic heterocycles. The monoisotopic (exact) mass is 392 g/mol. The zero-order valence-corrected chi connectivity index (χ0v) is 17.4. The molecule has 0 atom stereocenters. The number of unbranched alkanes of at least 4 members (excludes halogenated alkanes) is 3. The minimum absolute atomic E-state index is 0.756. The Hall–Kier alpha value is -2.72. The molecule has 3 aromatic rings. The highest BCUT2D eigenvalue weighted by atomic mass is 28.4. The molecule has 0 amide bonds. The third kappa shape index (κ3) is 6.17. The number of rotatable bonds is 11. The predicted octanol–water partition coefficient (Wildman–Crippen LogP) is 6.74. The van der Waals surface area contributed by atoms with E-state index < -0.39 is 8.80 Å². The number of benzene rings is 3. The summed E-state index contributed by atoms with van der Waals surface area (Å²) in [5, 5.41) is 0. The summed E-state index contributed by atoms with van der Waals surface area (Å²) in [7, 11) is -3.07. The fraction of sp³-hybridized carbons (Fsp3) is 0.250. The third-order valence-corrected chi connectivity index (χ3v) is 6.99. The van der Waals surface area contributed by atoms with Gasteiger partial charge in [0.2, 0.25) is 0 Å². The van der Waals surface area contributed by atoms with Crippen molar-refractivity contribution in [2.75, 3.05) is 0 Å². The molecular formula is C24H28O3Si. The van der Waals surface area contributed by atoms with Gasteiger partial charge in [0.15, 0.2) is 0 Å². The van der Waals surface area contributed by atoms with Crippen molar-refractivity contribution >= 4 is 8.80 Å². The Labute approximate surface area is 169 Å². The molecule has 0 N–H and O–H groups in total. The Morgan fingerprint density at radius 1 is 0.536 bits per heavy atom. The molecule has 0 bridgehead atoms. The van der Waals surface area contributed by atoms with Crippen molar-refractivity contribution < 1.29 is 13.3 Å². The Kier molecular flexibility index (Phi) is 7.56. The van der Waals surface area contributed by atoms with Crippen molar-refractivity contribution in [1.29, 1.82) is 0 Å². The third-order valence-electron chi connectivity index (χ3n) is 4.39. The van der Waals surface area contributed by atoms with Crippen LogP contribution in [0.15, 0.2) is 91.0 Å². The molecule has 3 aromatic carbocycles. The van der Waals surface area contributed by atoms with E-state index in [0.29, 0.717) is 0 Å². The van der Waals surface area contributed by atoms with Crippen LogP contribution < -0.4 is 13.3 Å². The van der Waals surface area contributed by atoms with Crippen molar-refractivity contribution in [3.63, 3.8) is 0 Å². The van der Waals surface area contributed by atoms with Crippen molar-refractivity contribution in [3.05, 3.63) is 91.0 Å². The lowest BCUT2D eigenvalue weighted by molar-refractivity contribution is 0.258. The molecule has 4 heteroatoms. The Balaban J connectivity index is 1.90. The average Bonchev–Trinajstić information content (AvgIpc) is 2.73. The summed E-state index contributed by atoms with van der Waals surface area (Å²) in [6.45, 7) is 2.21. The highest BCUT2D eigenvalue weighted by molar-refractivity contribution is 6.63. The minimum atomic E-state index is -3.07. The minimum Gasteiger partial charge on any atom is -0.483 e. The van der Waals surface area contributed by atoms with Crippen molar-refractivity contribution in [1.82, 2.24) is 0 Å². The molecule has 0 unspecified atom stereocenters. The van der Waals surface area contributed by atoms with Gasteiger partial charge in [0.25, 0.3) is 0 Å². The van der Waals surface area contributed by atoms with Gasteiger partial charge in [-0.2, -0.15) is 0 Å². The molecule has 0 aliphatic heterocycles. The van der Waals surface area contributed by atoms with Gasteiger partial charge in [-0.05, 0) is 42.8 Å². The molecule has 0 saturated heterocycles.